The zero-order chi connectivity index (χ0) is 24.2. The van der Waals surface area contributed by atoms with Crippen LogP contribution < -0.4 is 16.2 Å². The van der Waals surface area contributed by atoms with E-state index in [0.717, 1.165) is 46.7 Å². The summed E-state index contributed by atoms with van der Waals surface area (Å²) in [5.74, 6) is 0.680. The third-order valence-electron chi connectivity index (χ3n) is 5.85. The fourth-order valence-electron chi connectivity index (χ4n) is 4.13. The smallest absolute Gasteiger partial charge is 0.336 e. The molecule has 0 unspecified atom stereocenters. The fourth-order valence-corrected chi connectivity index (χ4v) is 5.16. The van der Waals surface area contributed by atoms with Gasteiger partial charge in [-0.1, -0.05) is 12.1 Å². The number of piperazine rings is 1. The van der Waals surface area contributed by atoms with Crippen molar-refractivity contribution in [2.75, 3.05) is 57.4 Å². The van der Waals surface area contributed by atoms with Gasteiger partial charge in [-0.3, -0.25) is 4.90 Å². The predicted molar refractivity (Wildman–Crippen MR) is 136 cm³/mol. The quantitative estimate of drug-likeness (QED) is 0.404. The first-order chi connectivity index (χ1) is 17.1. The van der Waals surface area contributed by atoms with Crippen molar-refractivity contribution >= 4 is 48.6 Å². The lowest BCUT2D eigenvalue weighted by Gasteiger charge is -2.35. The molecule has 3 heterocycles. The van der Waals surface area contributed by atoms with Gasteiger partial charge in [-0.15, -0.1) is 11.3 Å². The molecule has 1 fully saturated rings. The van der Waals surface area contributed by atoms with Crippen molar-refractivity contribution in [1.29, 1.82) is 0 Å². The molecule has 182 valence electrons. The van der Waals surface area contributed by atoms with Crippen LogP contribution in [0, 0.1) is 0 Å². The van der Waals surface area contributed by atoms with Gasteiger partial charge >= 0.3 is 11.3 Å². The molecular formula is C25H25N3O6S. The second-order valence-corrected chi connectivity index (χ2v) is 9.20. The molecule has 5 rings (SSSR count). The summed E-state index contributed by atoms with van der Waals surface area (Å²) >= 11 is 1.54. The molecule has 0 bridgehead atoms. The number of ether oxygens (including phenoxy) is 1. The summed E-state index contributed by atoms with van der Waals surface area (Å²) < 4.78 is 18.4. The van der Waals surface area contributed by atoms with Crippen LogP contribution in [0.2, 0.25) is 0 Å². The predicted octanol–water partition coefficient (Wildman–Crippen LogP) is 2.76. The van der Waals surface area contributed by atoms with Gasteiger partial charge in [0, 0.05) is 49.6 Å². The highest BCUT2D eigenvalue weighted by atomic mass is 32.1. The molecule has 35 heavy (non-hydrogen) atoms. The molecular weight excluding hydrogens is 470 g/mol. The molecule has 10 heteroatoms. The zero-order valence-electron chi connectivity index (χ0n) is 19.0. The number of aliphatic hydroxyl groups is 1. The number of hydrogen-bond donors (Lipinski definition) is 1. The van der Waals surface area contributed by atoms with E-state index in [4.69, 9.17) is 23.7 Å². The lowest BCUT2D eigenvalue weighted by Crippen LogP contribution is -2.47. The van der Waals surface area contributed by atoms with Gasteiger partial charge in [-0.05, 0) is 24.3 Å². The highest BCUT2D eigenvalue weighted by Gasteiger charge is 2.22. The van der Waals surface area contributed by atoms with Gasteiger partial charge in [0.2, 0.25) is 0 Å². The second kappa shape index (κ2) is 10.5. The van der Waals surface area contributed by atoms with Crippen LogP contribution in [0.1, 0.15) is 0 Å². The topological polar surface area (TPSA) is 109 Å². The van der Waals surface area contributed by atoms with E-state index >= 15 is 0 Å². The number of anilines is 1. The van der Waals surface area contributed by atoms with Gasteiger partial charge < -0.3 is 23.6 Å². The monoisotopic (exact) mass is 495 g/mol. The lowest BCUT2D eigenvalue weighted by molar-refractivity contribution is 0.0724. The molecule has 1 aliphatic heterocycles. The number of rotatable bonds is 6. The largest absolute Gasteiger partial charge is 0.419 e. The van der Waals surface area contributed by atoms with Gasteiger partial charge in [0.05, 0.1) is 35.4 Å². The Balaban J connectivity index is 1.66. The minimum Gasteiger partial charge on any atom is -0.419 e. The molecule has 9 nitrogen and oxygen atoms in total. The van der Waals surface area contributed by atoms with E-state index in [1.165, 1.54) is 11.3 Å². The number of benzene rings is 2. The molecule has 1 saturated heterocycles. The van der Waals surface area contributed by atoms with Gasteiger partial charge in [0.15, 0.2) is 11.2 Å². The van der Waals surface area contributed by atoms with Crippen molar-refractivity contribution in [2.24, 2.45) is 0 Å². The third-order valence-corrected chi connectivity index (χ3v) is 6.97. The maximum Gasteiger partial charge on any atom is 0.336 e. The Morgan fingerprint density at radius 1 is 0.914 bits per heavy atom. The second-order valence-electron chi connectivity index (χ2n) is 8.11. The Morgan fingerprint density at radius 3 is 2.49 bits per heavy atom. The molecule has 0 amide bonds. The maximum atomic E-state index is 12.4. The van der Waals surface area contributed by atoms with Crippen molar-refractivity contribution in [3.8, 4) is 0 Å². The minimum atomic E-state index is -0.643. The summed E-state index contributed by atoms with van der Waals surface area (Å²) in [6, 6.07) is 13.5. The van der Waals surface area contributed by atoms with Crippen molar-refractivity contribution in [1.82, 2.24) is 9.88 Å². The Hall–Kier alpha value is -3.31. The van der Waals surface area contributed by atoms with Crippen molar-refractivity contribution in [3.05, 3.63) is 69.4 Å². The van der Waals surface area contributed by atoms with Crippen LogP contribution in [-0.2, 0) is 4.74 Å². The number of nitrogens with zero attached hydrogens (tertiary/aromatic N) is 3. The van der Waals surface area contributed by atoms with Gasteiger partial charge in [-0.25, -0.2) is 14.6 Å². The van der Waals surface area contributed by atoms with Crippen LogP contribution in [0.15, 0.2) is 67.0 Å². The highest BCUT2D eigenvalue weighted by molar-refractivity contribution is 7.24. The Morgan fingerprint density at radius 2 is 1.69 bits per heavy atom. The summed E-state index contributed by atoms with van der Waals surface area (Å²) in [6.07, 6.45) is 0. The van der Waals surface area contributed by atoms with Crippen LogP contribution in [0.4, 0.5) is 5.82 Å². The molecule has 0 spiro atoms. The molecule has 2 aromatic heterocycles. The maximum absolute atomic E-state index is 12.4. The number of fused-ring (bicyclic) bond motifs is 4. The van der Waals surface area contributed by atoms with Crippen LogP contribution >= 0.6 is 11.3 Å². The molecule has 0 aliphatic carbocycles. The minimum absolute atomic E-state index is 0.0203. The standard InChI is InChI=1S/C25H25N3O6S/c29-14-16-32-15-13-27-9-11-28(12-10-27)25-23-20(35-19-4-2-1-3-17(19)26-25)6-5-18-24(23)34-22(31)8-7-21(30)33-18/h1-8,29H,9-16H2. The zero-order valence-corrected chi connectivity index (χ0v) is 19.8. The first-order valence-corrected chi connectivity index (χ1v) is 12.2. The molecule has 1 aliphatic rings. The van der Waals surface area contributed by atoms with Crippen LogP contribution in [0.5, 0.6) is 0 Å². The van der Waals surface area contributed by atoms with Crippen LogP contribution in [-0.4, -0.2) is 67.5 Å². The molecule has 1 N–H and O–H groups in total. The average Bonchev–Trinajstić information content (AvgIpc) is 3.03. The summed E-state index contributed by atoms with van der Waals surface area (Å²) in [5, 5.41) is 9.52. The van der Waals surface area contributed by atoms with E-state index in [-0.39, 0.29) is 17.8 Å². The van der Waals surface area contributed by atoms with Crippen LogP contribution in [0.25, 0.3) is 31.5 Å². The van der Waals surface area contributed by atoms with Crippen molar-refractivity contribution in [3.63, 3.8) is 0 Å². The highest BCUT2D eigenvalue weighted by Crippen LogP contribution is 2.35. The van der Waals surface area contributed by atoms with E-state index in [0.29, 0.717) is 37.5 Å². The van der Waals surface area contributed by atoms with Crippen LogP contribution in [0.3, 0.4) is 0 Å². The number of hydrogen-bond acceptors (Lipinski definition) is 10. The van der Waals surface area contributed by atoms with E-state index in [2.05, 4.69) is 9.80 Å². The third kappa shape index (κ3) is 5.20. The summed E-state index contributed by atoms with van der Waals surface area (Å²) in [4.78, 5) is 34.0. The average molecular weight is 496 g/mol. The number of aliphatic hydroxyl groups excluding tert-OH is 1. The Bertz CT molecular complexity index is 1520. The molecule has 0 atom stereocenters. The fraction of sp³-hybridized carbons (Fsp3) is 0.320. The number of aromatic nitrogens is 1. The van der Waals surface area contributed by atoms with E-state index in [1.54, 1.807) is 6.07 Å². The molecule has 0 saturated carbocycles. The Labute approximate surface area is 204 Å². The van der Waals surface area contributed by atoms with Gasteiger partial charge in [0.25, 0.3) is 0 Å². The molecule has 2 aromatic carbocycles. The normalized spacial score (nSPS) is 14.6. The summed E-state index contributed by atoms with van der Waals surface area (Å²) in [6.45, 7) is 4.74. The van der Waals surface area contributed by atoms with E-state index < -0.39 is 11.3 Å². The van der Waals surface area contributed by atoms with Crippen molar-refractivity contribution in [2.45, 2.75) is 0 Å². The first kappa shape index (κ1) is 23.4. The first-order valence-electron chi connectivity index (χ1n) is 11.4. The lowest BCUT2D eigenvalue weighted by atomic mass is 10.2. The van der Waals surface area contributed by atoms with E-state index in [1.807, 2.05) is 30.3 Å². The van der Waals surface area contributed by atoms with Gasteiger partial charge in [-0.2, -0.15) is 0 Å². The van der Waals surface area contributed by atoms with Crippen molar-refractivity contribution < 1.29 is 18.7 Å². The molecule has 0 radical (unpaired) electrons. The summed E-state index contributed by atoms with van der Waals surface area (Å²) in [7, 11) is 0. The molecule has 4 aromatic rings. The number of para-hydroxylation sites is 1. The SMILES string of the molecule is O=c1ccc(=O)oc2c(ccc3sc4ccccc4nc(N4CCN(CCOCCO)CC4)c32)o1. The summed E-state index contributed by atoms with van der Waals surface area (Å²) in [5.41, 5.74) is -0.0705. The van der Waals surface area contributed by atoms with E-state index in [9.17, 15) is 9.59 Å². The Kier molecular flexibility index (Phi) is 7.05. The van der Waals surface area contributed by atoms with Gasteiger partial charge in [0.1, 0.15) is 5.82 Å².